The van der Waals surface area contributed by atoms with Gasteiger partial charge in [0, 0.05) is 11.4 Å². The van der Waals surface area contributed by atoms with Crippen molar-refractivity contribution in [2.24, 2.45) is 0 Å². The van der Waals surface area contributed by atoms with Crippen LogP contribution in [0.5, 0.6) is 5.75 Å². The van der Waals surface area contributed by atoms with Crippen LogP contribution in [0.1, 0.15) is 44.9 Å². The van der Waals surface area contributed by atoms with Gasteiger partial charge in [-0.2, -0.15) is 0 Å². The molecule has 0 spiro atoms. The molecule has 26 heavy (non-hydrogen) atoms. The minimum atomic E-state index is -1.22. The van der Waals surface area contributed by atoms with Crippen LogP contribution >= 0.6 is 0 Å². The molecule has 0 fully saturated rings. The van der Waals surface area contributed by atoms with Gasteiger partial charge in [0.1, 0.15) is 16.5 Å². The summed E-state index contributed by atoms with van der Waals surface area (Å²) in [4.78, 5) is 0. The van der Waals surface area contributed by atoms with Crippen molar-refractivity contribution in [3.8, 4) is 5.75 Å². The van der Waals surface area contributed by atoms with Crippen molar-refractivity contribution < 1.29 is 14.0 Å². The molecule has 1 unspecified atom stereocenters. The van der Waals surface area contributed by atoms with E-state index < -0.39 is 11.4 Å². The van der Waals surface area contributed by atoms with Gasteiger partial charge in [-0.1, -0.05) is 42.5 Å². The zero-order valence-corrected chi connectivity index (χ0v) is 17.0. The van der Waals surface area contributed by atoms with Crippen molar-refractivity contribution in [1.82, 2.24) is 4.72 Å². The highest BCUT2D eigenvalue weighted by Gasteiger charge is 2.32. The molecule has 0 bridgehead atoms. The van der Waals surface area contributed by atoms with Crippen molar-refractivity contribution in [2.45, 2.75) is 51.2 Å². The van der Waals surface area contributed by atoms with Gasteiger partial charge in [0.25, 0.3) is 0 Å². The quantitative estimate of drug-likeness (QED) is 0.695. The van der Waals surface area contributed by atoms with Crippen molar-refractivity contribution in [3.05, 3.63) is 65.7 Å². The van der Waals surface area contributed by atoms with E-state index in [0.717, 1.165) is 16.9 Å². The number of rotatable bonds is 8. The molecule has 2 aromatic carbocycles. The normalized spacial score (nSPS) is 15.3. The van der Waals surface area contributed by atoms with Gasteiger partial charge >= 0.3 is 0 Å². The largest absolute Gasteiger partial charge is 0.598 e. The second-order valence-electron chi connectivity index (χ2n) is 7.25. The predicted octanol–water partition coefficient (Wildman–Crippen LogP) is 4.39. The standard InChI is InChI=1S/C21H29NO3S/c1-16(25-15-17-10-7-6-8-11-17)20(22-26(23)21(2,3)4)18-12-9-13-19(14-18)24-5/h6-14,16,20,22H,15H2,1-5H3/t16-,20+,26?/m0/s1. The van der Waals surface area contributed by atoms with Crippen LogP contribution in [0.15, 0.2) is 54.6 Å². The van der Waals surface area contributed by atoms with E-state index >= 15 is 0 Å². The number of hydrogen-bond acceptors (Lipinski definition) is 4. The van der Waals surface area contributed by atoms with E-state index in [-0.39, 0.29) is 16.9 Å². The topological polar surface area (TPSA) is 53.5 Å². The average molecular weight is 376 g/mol. The third kappa shape index (κ3) is 6.02. The molecule has 2 rings (SSSR count). The van der Waals surface area contributed by atoms with Gasteiger partial charge in [0.05, 0.1) is 19.8 Å². The van der Waals surface area contributed by atoms with Gasteiger partial charge in [0.2, 0.25) is 0 Å². The van der Waals surface area contributed by atoms with Gasteiger partial charge in [-0.05, 0) is 51.0 Å². The maximum absolute atomic E-state index is 12.7. The Hall–Kier alpha value is -1.53. The molecule has 2 aromatic rings. The number of hydrogen-bond donors (Lipinski definition) is 1. The molecule has 3 atom stereocenters. The zero-order chi connectivity index (χ0) is 19.2. The lowest BCUT2D eigenvalue weighted by Gasteiger charge is -2.31. The van der Waals surface area contributed by atoms with Crippen LogP contribution in [0.3, 0.4) is 0 Å². The monoisotopic (exact) mass is 375 g/mol. The maximum Gasteiger partial charge on any atom is 0.136 e. The first-order chi connectivity index (χ1) is 12.3. The summed E-state index contributed by atoms with van der Waals surface area (Å²) in [6, 6.07) is 17.6. The number of ether oxygens (including phenoxy) is 2. The number of nitrogens with one attached hydrogen (secondary N) is 1. The van der Waals surface area contributed by atoms with E-state index in [0.29, 0.717) is 6.61 Å². The maximum atomic E-state index is 12.7. The van der Waals surface area contributed by atoms with E-state index in [2.05, 4.69) is 4.72 Å². The lowest BCUT2D eigenvalue weighted by atomic mass is 10.0. The first-order valence-corrected chi connectivity index (χ1v) is 9.94. The summed E-state index contributed by atoms with van der Waals surface area (Å²) in [6.45, 7) is 8.36. The SMILES string of the molecule is COc1cccc([C@H](N[S+]([O-])C(C)(C)C)[C@H](C)OCc2ccccc2)c1. The fraction of sp³-hybridized carbons (Fsp3) is 0.429. The Labute approximate surface area is 160 Å². The van der Waals surface area contributed by atoms with Gasteiger partial charge in [-0.3, -0.25) is 0 Å². The zero-order valence-electron chi connectivity index (χ0n) is 16.2. The Morgan fingerprint density at radius 3 is 2.38 bits per heavy atom. The molecule has 0 aliphatic rings. The second kappa shape index (κ2) is 9.42. The van der Waals surface area contributed by atoms with E-state index in [4.69, 9.17) is 9.47 Å². The van der Waals surface area contributed by atoms with Gasteiger partial charge in [-0.15, -0.1) is 4.72 Å². The summed E-state index contributed by atoms with van der Waals surface area (Å²) in [7, 11) is 1.64. The smallest absolute Gasteiger partial charge is 0.136 e. The van der Waals surface area contributed by atoms with Crippen LogP contribution in [-0.2, 0) is 22.7 Å². The van der Waals surface area contributed by atoms with Crippen LogP contribution in [-0.4, -0.2) is 22.5 Å². The van der Waals surface area contributed by atoms with E-state index in [9.17, 15) is 4.55 Å². The van der Waals surface area contributed by atoms with Gasteiger partial charge in [0.15, 0.2) is 0 Å². The Morgan fingerprint density at radius 2 is 1.77 bits per heavy atom. The summed E-state index contributed by atoms with van der Waals surface area (Å²) in [6.07, 6.45) is -0.173. The number of benzene rings is 2. The summed E-state index contributed by atoms with van der Waals surface area (Å²) >= 11 is -1.22. The first kappa shape index (κ1) is 20.8. The third-order valence-electron chi connectivity index (χ3n) is 4.07. The Balaban J connectivity index is 2.18. The molecule has 142 valence electrons. The van der Waals surface area contributed by atoms with E-state index in [1.807, 2.05) is 82.3 Å². The highest BCUT2D eigenvalue weighted by atomic mass is 32.2. The molecule has 4 nitrogen and oxygen atoms in total. The molecule has 0 aliphatic heterocycles. The van der Waals surface area contributed by atoms with Crippen LogP contribution in [0.2, 0.25) is 0 Å². The molecule has 0 aliphatic carbocycles. The highest BCUT2D eigenvalue weighted by molar-refractivity contribution is 7.90. The lowest BCUT2D eigenvalue weighted by Crippen LogP contribution is -2.44. The average Bonchev–Trinajstić information content (AvgIpc) is 2.64. The van der Waals surface area contributed by atoms with Gasteiger partial charge < -0.3 is 14.0 Å². The molecular formula is C21H29NO3S. The summed E-state index contributed by atoms with van der Waals surface area (Å²) in [5, 5.41) is 0. The molecular weight excluding hydrogens is 346 g/mol. The Bertz CT molecular complexity index is 672. The highest BCUT2D eigenvalue weighted by Crippen LogP contribution is 2.27. The van der Waals surface area contributed by atoms with Crippen molar-refractivity contribution in [1.29, 1.82) is 0 Å². The Morgan fingerprint density at radius 1 is 1.08 bits per heavy atom. The Kier molecular flexibility index (Phi) is 7.53. The van der Waals surface area contributed by atoms with Crippen LogP contribution in [0.25, 0.3) is 0 Å². The van der Waals surface area contributed by atoms with Crippen molar-refractivity contribution in [3.63, 3.8) is 0 Å². The van der Waals surface area contributed by atoms with Crippen molar-refractivity contribution >= 4 is 11.4 Å². The molecule has 0 saturated carbocycles. The molecule has 0 amide bonds. The molecule has 1 N–H and O–H groups in total. The van der Waals surface area contributed by atoms with Crippen LogP contribution in [0.4, 0.5) is 0 Å². The fourth-order valence-corrected chi connectivity index (χ4v) is 3.37. The summed E-state index contributed by atoms with van der Waals surface area (Å²) in [5.41, 5.74) is 2.10. The van der Waals surface area contributed by atoms with Gasteiger partial charge in [-0.25, -0.2) is 0 Å². The summed E-state index contributed by atoms with van der Waals surface area (Å²) < 4.78 is 27.0. The third-order valence-corrected chi connectivity index (χ3v) is 5.65. The molecule has 0 aromatic heterocycles. The fourth-order valence-electron chi connectivity index (χ4n) is 2.46. The molecule has 0 radical (unpaired) electrons. The van der Waals surface area contributed by atoms with E-state index in [1.165, 1.54) is 0 Å². The first-order valence-electron chi connectivity index (χ1n) is 8.79. The predicted molar refractivity (Wildman–Crippen MR) is 107 cm³/mol. The summed E-state index contributed by atoms with van der Waals surface area (Å²) in [5.74, 6) is 0.770. The molecule has 0 saturated heterocycles. The van der Waals surface area contributed by atoms with Crippen molar-refractivity contribution in [2.75, 3.05) is 7.11 Å². The van der Waals surface area contributed by atoms with Crippen LogP contribution < -0.4 is 9.46 Å². The van der Waals surface area contributed by atoms with E-state index in [1.54, 1.807) is 7.11 Å². The molecule has 5 heteroatoms. The van der Waals surface area contributed by atoms with Crippen LogP contribution in [0, 0.1) is 0 Å². The number of methoxy groups -OCH3 is 1. The second-order valence-corrected chi connectivity index (χ2v) is 9.25. The minimum absolute atomic E-state index is 0.173. The molecule has 0 heterocycles. The lowest BCUT2D eigenvalue weighted by molar-refractivity contribution is 0.0317. The minimum Gasteiger partial charge on any atom is -0.598 e.